The molecule has 0 atom stereocenters. The first-order chi connectivity index (χ1) is 11.0. The van der Waals surface area contributed by atoms with Crippen molar-refractivity contribution in [2.45, 2.75) is 0 Å². The van der Waals surface area contributed by atoms with Crippen molar-refractivity contribution in [1.82, 2.24) is 5.32 Å². The van der Waals surface area contributed by atoms with Crippen LogP contribution in [-0.2, 0) is 9.53 Å². The summed E-state index contributed by atoms with van der Waals surface area (Å²) < 4.78 is 22.9. The van der Waals surface area contributed by atoms with Gasteiger partial charge in [0.2, 0.25) is 0 Å². The van der Waals surface area contributed by atoms with Crippen LogP contribution in [0, 0.1) is 5.82 Å². The van der Waals surface area contributed by atoms with Crippen LogP contribution in [0.2, 0.25) is 0 Å². The van der Waals surface area contributed by atoms with E-state index in [4.69, 9.17) is 9.15 Å². The van der Waals surface area contributed by atoms with Crippen LogP contribution in [0.1, 0.15) is 20.9 Å². The van der Waals surface area contributed by atoms with Crippen molar-refractivity contribution in [2.75, 3.05) is 13.2 Å². The Bertz CT molecular complexity index is 726. The van der Waals surface area contributed by atoms with Gasteiger partial charge in [0, 0.05) is 5.56 Å². The molecule has 120 valence electrons. The molecule has 0 aliphatic carbocycles. The minimum atomic E-state index is -0.778. The van der Waals surface area contributed by atoms with Crippen molar-refractivity contribution in [1.29, 1.82) is 0 Å². The molecule has 1 N–H and O–H groups in total. The Morgan fingerprint density at radius 3 is 2.43 bits per heavy atom. The second-order valence-electron chi connectivity index (χ2n) is 4.38. The summed E-state index contributed by atoms with van der Waals surface area (Å²) in [6, 6.07) is 7.83. The molecule has 0 saturated heterocycles. The minimum absolute atomic E-state index is 0.0343. The highest BCUT2D eigenvalue weighted by Gasteiger charge is 2.14. The molecule has 1 amide bonds. The van der Waals surface area contributed by atoms with E-state index >= 15 is 0 Å². The van der Waals surface area contributed by atoms with Gasteiger partial charge in [-0.2, -0.15) is 0 Å². The van der Waals surface area contributed by atoms with Crippen LogP contribution in [0.25, 0.3) is 0 Å². The molecule has 2 aromatic rings. The van der Waals surface area contributed by atoms with Gasteiger partial charge in [-0.1, -0.05) is 0 Å². The molecule has 0 aliphatic rings. The van der Waals surface area contributed by atoms with E-state index in [1.165, 1.54) is 24.3 Å². The van der Waals surface area contributed by atoms with Gasteiger partial charge in [-0.3, -0.25) is 14.4 Å². The van der Waals surface area contributed by atoms with Gasteiger partial charge in [0.05, 0.1) is 0 Å². The standard InChI is InChI=1S/C15H11BrFNO5/c16-13-6-5-12(23-13)15(21)18-7-14(20)22-8-11(19)9-1-3-10(17)4-2-9/h1-6H,7-8H2,(H,18,21). The molecule has 1 heterocycles. The number of esters is 1. The normalized spacial score (nSPS) is 10.2. The van der Waals surface area contributed by atoms with E-state index in [0.29, 0.717) is 4.67 Å². The number of carbonyl (C=O) groups is 3. The average molecular weight is 384 g/mol. The molecule has 0 spiro atoms. The van der Waals surface area contributed by atoms with E-state index in [2.05, 4.69) is 21.2 Å². The van der Waals surface area contributed by atoms with Crippen LogP contribution < -0.4 is 5.32 Å². The molecule has 1 aromatic heterocycles. The zero-order valence-electron chi connectivity index (χ0n) is 11.7. The van der Waals surface area contributed by atoms with Gasteiger partial charge in [-0.15, -0.1) is 0 Å². The molecular weight excluding hydrogens is 373 g/mol. The van der Waals surface area contributed by atoms with Crippen LogP contribution in [-0.4, -0.2) is 30.8 Å². The molecule has 23 heavy (non-hydrogen) atoms. The number of rotatable bonds is 6. The number of hydrogen-bond acceptors (Lipinski definition) is 5. The smallest absolute Gasteiger partial charge is 0.325 e. The zero-order valence-corrected chi connectivity index (χ0v) is 13.3. The summed E-state index contributed by atoms with van der Waals surface area (Å²) in [7, 11) is 0. The first kappa shape index (κ1) is 16.9. The minimum Gasteiger partial charge on any atom is -0.456 e. The average Bonchev–Trinajstić information content (AvgIpc) is 2.97. The van der Waals surface area contributed by atoms with Crippen LogP contribution in [0.15, 0.2) is 45.5 Å². The van der Waals surface area contributed by atoms with Crippen molar-refractivity contribution in [3.63, 3.8) is 0 Å². The Labute approximate surface area is 138 Å². The lowest BCUT2D eigenvalue weighted by molar-refractivity contribution is -0.141. The molecule has 0 unspecified atom stereocenters. The number of furan rings is 1. The predicted molar refractivity (Wildman–Crippen MR) is 80.4 cm³/mol. The molecule has 2 rings (SSSR count). The predicted octanol–water partition coefficient (Wildman–Crippen LogP) is 2.34. The molecule has 0 saturated carbocycles. The molecule has 8 heteroatoms. The summed E-state index contributed by atoms with van der Waals surface area (Å²) in [5.74, 6) is -2.27. The summed E-state index contributed by atoms with van der Waals surface area (Å²) in [6.45, 7) is -0.902. The lowest BCUT2D eigenvalue weighted by Gasteiger charge is -2.05. The Hall–Kier alpha value is -2.48. The molecular formula is C15H11BrFNO5. The fourth-order valence-corrected chi connectivity index (χ4v) is 1.90. The number of benzene rings is 1. The Morgan fingerprint density at radius 2 is 1.83 bits per heavy atom. The van der Waals surface area contributed by atoms with Crippen molar-refractivity contribution in [2.24, 2.45) is 0 Å². The third kappa shape index (κ3) is 5.03. The molecule has 0 radical (unpaired) electrons. The topological polar surface area (TPSA) is 85.6 Å². The highest BCUT2D eigenvalue weighted by molar-refractivity contribution is 9.10. The summed E-state index contributed by atoms with van der Waals surface area (Å²) in [4.78, 5) is 34.8. The van der Waals surface area contributed by atoms with E-state index < -0.39 is 36.6 Å². The van der Waals surface area contributed by atoms with Gasteiger partial charge >= 0.3 is 5.97 Å². The van der Waals surface area contributed by atoms with Crippen molar-refractivity contribution in [3.8, 4) is 0 Å². The maximum atomic E-state index is 12.7. The van der Waals surface area contributed by atoms with E-state index in [0.717, 1.165) is 12.1 Å². The van der Waals surface area contributed by atoms with E-state index in [9.17, 15) is 18.8 Å². The summed E-state index contributed by atoms with van der Waals surface area (Å²) in [5, 5.41) is 2.29. The fraction of sp³-hybridized carbons (Fsp3) is 0.133. The van der Waals surface area contributed by atoms with E-state index in [1.807, 2.05) is 0 Å². The lowest BCUT2D eigenvalue weighted by Crippen LogP contribution is -2.31. The third-order valence-corrected chi connectivity index (χ3v) is 3.15. The second kappa shape index (κ2) is 7.68. The second-order valence-corrected chi connectivity index (χ2v) is 5.16. The lowest BCUT2D eigenvalue weighted by atomic mass is 10.1. The highest BCUT2D eigenvalue weighted by Crippen LogP contribution is 2.13. The van der Waals surface area contributed by atoms with Crippen LogP contribution in [0.3, 0.4) is 0 Å². The fourth-order valence-electron chi connectivity index (χ4n) is 1.59. The van der Waals surface area contributed by atoms with Gasteiger partial charge < -0.3 is 14.5 Å². The maximum absolute atomic E-state index is 12.7. The van der Waals surface area contributed by atoms with Crippen molar-refractivity contribution in [3.05, 3.63) is 58.2 Å². The SMILES string of the molecule is O=C(CNC(=O)c1ccc(Br)o1)OCC(=O)c1ccc(F)cc1. The van der Waals surface area contributed by atoms with E-state index in [1.54, 1.807) is 0 Å². The molecule has 0 bridgehead atoms. The van der Waals surface area contributed by atoms with Crippen LogP contribution in [0.5, 0.6) is 0 Å². The zero-order chi connectivity index (χ0) is 16.8. The van der Waals surface area contributed by atoms with Gasteiger partial charge in [-0.25, -0.2) is 4.39 Å². The largest absolute Gasteiger partial charge is 0.456 e. The van der Waals surface area contributed by atoms with E-state index in [-0.39, 0.29) is 11.3 Å². The van der Waals surface area contributed by atoms with Crippen molar-refractivity contribution >= 4 is 33.6 Å². The number of hydrogen-bond donors (Lipinski definition) is 1. The summed E-state index contributed by atoms with van der Waals surface area (Å²) >= 11 is 3.05. The van der Waals surface area contributed by atoms with Crippen LogP contribution >= 0.6 is 15.9 Å². The Kier molecular flexibility index (Phi) is 5.64. The highest BCUT2D eigenvalue weighted by atomic mass is 79.9. The number of ether oxygens (including phenoxy) is 1. The summed E-state index contributed by atoms with van der Waals surface area (Å²) in [6.07, 6.45) is 0. The monoisotopic (exact) mass is 383 g/mol. The van der Waals surface area contributed by atoms with Gasteiger partial charge in [0.1, 0.15) is 12.4 Å². The molecule has 0 aliphatic heterocycles. The quantitative estimate of drug-likeness (QED) is 0.611. The van der Waals surface area contributed by atoms with Crippen LogP contribution in [0.4, 0.5) is 4.39 Å². The number of carbonyl (C=O) groups excluding carboxylic acids is 3. The third-order valence-electron chi connectivity index (χ3n) is 2.72. The van der Waals surface area contributed by atoms with Crippen molar-refractivity contribution < 1.29 is 27.9 Å². The number of ketones is 1. The first-order valence-corrected chi connectivity index (χ1v) is 7.23. The Balaban J connectivity index is 1.75. The van der Waals surface area contributed by atoms with Gasteiger partial charge in [-0.05, 0) is 52.3 Å². The number of halogens is 2. The van der Waals surface area contributed by atoms with Gasteiger partial charge in [0.25, 0.3) is 5.91 Å². The maximum Gasteiger partial charge on any atom is 0.325 e. The molecule has 0 fully saturated rings. The summed E-state index contributed by atoms with van der Waals surface area (Å²) in [5.41, 5.74) is 0.226. The van der Waals surface area contributed by atoms with Gasteiger partial charge in [0.15, 0.2) is 22.8 Å². The number of Topliss-reactive ketones (excluding diaryl/α,β-unsaturated/α-hetero) is 1. The molecule has 1 aromatic carbocycles. The molecule has 6 nitrogen and oxygen atoms in total. The number of nitrogens with one attached hydrogen (secondary N) is 1. The first-order valence-electron chi connectivity index (χ1n) is 6.43. The Morgan fingerprint density at radius 1 is 1.13 bits per heavy atom. The number of amides is 1.